The van der Waals surface area contributed by atoms with Gasteiger partial charge < -0.3 is 4.74 Å². The van der Waals surface area contributed by atoms with Gasteiger partial charge in [0.2, 0.25) is 0 Å². The monoisotopic (exact) mass is 245 g/mol. The number of nitrogens with zero attached hydrogens (tertiary/aromatic N) is 3. The lowest BCUT2D eigenvalue weighted by atomic mass is 10.1. The second kappa shape index (κ2) is 5.32. The van der Waals surface area contributed by atoms with E-state index in [9.17, 15) is 4.39 Å². The summed E-state index contributed by atoms with van der Waals surface area (Å²) in [7, 11) is 0. The largest absolute Gasteiger partial charge is 0.486 e. The molecule has 18 heavy (non-hydrogen) atoms. The van der Waals surface area contributed by atoms with E-state index < -0.39 is 5.82 Å². The van der Waals surface area contributed by atoms with Crippen molar-refractivity contribution in [3.8, 4) is 11.8 Å². The summed E-state index contributed by atoms with van der Waals surface area (Å²) in [6.45, 7) is 3.04. The fourth-order valence-corrected chi connectivity index (χ4v) is 1.51. The molecule has 92 valence electrons. The van der Waals surface area contributed by atoms with Gasteiger partial charge >= 0.3 is 0 Å². The zero-order valence-corrected chi connectivity index (χ0v) is 9.93. The van der Waals surface area contributed by atoms with E-state index in [1.54, 1.807) is 29.2 Å². The highest BCUT2D eigenvalue weighted by molar-refractivity contribution is 5.34. The molecule has 1 aromatic heterocycles. The first-order valence-electron chi connectivity index (χ1n) is 5.56. The van der Waals surface area contributed by atoms with Crippen LogP contribution in [0, 0.1) is 17.1 Å². The highest BCUT2D eigenvalue weighted by Gasteiger charge is 2.04. The Kier molecular flexibility index (Phi) is 3.58. The van der Waals surface area contributed by atoms with Crippen LogP contribution in [0.4, 0.5) is 4.39 Å². The third kappa shape index (κ3) is 2.66. The van der Waals surface area contributed by atoms with E-state index in [-0.39, 0.29) is 12.2 Å². The second-order valence-electron chi connectivity index (χ2n) is 3.75. The Labute approximate surface area is 104 Å². The van der Waals surface area contributed by atoms with Gasteiger partial charge in [0.05, 0.1) is 18.0 Å². The van der Waals surface area contributed by atoms with Crippen molar-refractivity contribution < 1.29 is 9.13 Å². The molecule has 0 saturated carbocycles. The van der Waals surface area contributed by atoms with Crippen molar-refractivity contribution >= 4 is 0 Å². The molecule has 0 fully saturated rings. The van der Waals surface area contributed by atoms with E-state index in [2.05, 4.69) is 5.10 Å². The van der Waals surface area contributed by atoms with Gasteiger partial charge in [0.1, 0.15) is 18.5 Å². The van der Waals surface area contributed by atoms with Crippen molar-refractivity contribution in [2.75, 3.05) is 0 Å². The first-order chi connectivity index (χ1) is 8.72. The summed E-state index contributed by atoms with van der Waals surface area (Å²) in [6.07, 6.45) is 3.41. The van der Waals surface area contributed by atoms with Gasteiger partial charge in [-0.15, -0.1) is 0 Å². The molecule has 0 atom stereocenters. The summed E-state index contributed by atoms with van der Waals surface area (Å²) in [5, 5.41) is 12.8. The minimum absolute atomic E-state index is 0.0281. The lowest BCUT2D eigenvalue weighted by Crippen LogP contribution is -1.97. The standard InChI is InChI=1S/C13H12FN3O/c1-2-17-8-12(7-16-17)18-9-10-3-4-13(14)11(5-10)6-15/h3-5,7-8H,2,9H2,1H3. The van der Waals surface area contributed by atoms with E-state index in [0.717, 1.165) is 12.1 Å². The summed E-state index contributed by atoms with van der Waals surface area (Å²) < 4.78 is 20.4. The third-order valence-electron chi connectivity index (χ3n) is 2.49. The molecule has 5 heteroatoms. The number of aromatic nitrogens is 2. The highest BCUT2D eigenvalue weighted by atomic mass is 19.1. The van der Waals surface area contributed by atoms with Gasteiger partial charge in [-0.3, -0.25) is 4.68 Å². The van der Waals surface area contributed by atoms with Crippen LogP contribution in [-0.4, -0.2) is 9.78 Å². The number of nitriles is 1. The number of ether oxygens (including phenoxy) is 1. The average molecular weight is 245 g/mol. The minimum Gasteiger partial charge on any atom is -0.486 e. The molecule has 2 rings (SSSR count). The fourth-order valence-electron chi connectivity index (χ4n) is 1.51. The van der Waals surface area contributed by atoms with Crippen molar-refractivity contribution in [3.05, 3.63) is 47.5 Å². The minimum atomic E-state index is -0.514. The lowest BCUT2D eigenvalue weighted by molar-refractivity contribution is 0.305. The Morgan fingerprint density at radius 1 is 1.50 bits per heavy atom. The normalized spacial score (nSPS) is 10.1. The van der Waals surface area contributed by atoms with Gasteiger partial charge in [-0.25, -0.2) is 4.39 Å². The molecule has 0 aliphatic heterocycles. The zero-order valence-electron chi connectivity index (χ0n) is 9.93. The number of hydrogen-bond acceptors (Lipinski definition) is 3. The number of aryl methyl sites for hydroxylation is 1. The maximum atomic E-state index is 13.1. The van der Waals surface area contributed by atoms with E-state index in [4.69, 9.17) is 10.00 Å². The van der Waals surface area contributed by atoms with Gasteiger partial charge in [0.15, 0.2) is 5.75 Å². The summed E-state index contributed by atoms with van der Waals surface area (Å²) in [5.74, 6) is 0.139. The summed E-state index contributed by atoms with van der Waals surface area (Å²) in [4.78, 5) is 0. The molecule has 0 aliphatic carbocycles. The van der Waals surface area contributed by atoms with Crippen LogP contribution in [0.3, 0.4) is 0 Å². The predicted molar refractivity (Wildman–Crippen MR) is 63.3 cm³/mol. The van der Waals surface area contributed by atoms with Crippen molar-refractivity contribution in [2.45, 2.75) is 20.1 Å². The predicted octanol–water partition coefficient (Wildman–Crippen LogP) is 2.49. The molecular formula is C13H12FN3O. The molecule has 0 unspecified atom stereocenters. The van der Waals surface area contributed by atoms with Crippen LogP contribution in [0.15, 0.2) is 30.6 Å². The van der Waals surface area contributed by atoms with Crippen LogP contribution in [0.2, 0.25) is 0 Å². The van der Waals surface area contributed by atoms with Crippen molar-refractivity contribution in [1.29, 1.82) is 5.26 Å². The SMILES string of the molecule is CCn1cc(OCc2ccc(F)c(C#N)c2)cn1. The molecule has 0 radical (unpaired) electrons. The highest BCUT2D eigenvalue weighted by Crippen LogP contribution is 2.14. The van der Waals surface area contributed by atoms with Crippen LogP contribution in [-0.2, 0) is 13.2 Å². The quantitative estimate of drug-likeness (QED) is 0.831. The zero-order chi connectivity index (χ0) is 13.0. The molecule has 0 bridgehead atoms. The van der Waals surface area contributed by atoms with E-state index in [1.807, 2.05) is 6.92 Å². The van der Waals surface area contributed by atoms with Crippen LogP contribution >= 0.6 is 0 Å². The fraction of sp³-hybridized carbons (Fsp3) is 0.231. The first kappa shape index (κ1) is 12.1. The van der Waals surface area contributed by atoms with Gasteiger partial charge in [-0.2, -0.15) is 10.4 Å². The molecule has 1 heterocycles. The number of benzene rings is 1. The van der Waals surface area contributed by atoms with Crippen LogP contribution < -0.4 is 4.74 Å². The molecule has 0 amide bonds. The molecule has 4 nitrogen and oxygen atoms in total. The molecule has 0 spiro atoms. The molecular weight excluding hydrogens is 233 g/mol. The van der Waals surface area contributed by atoms with Crippen molar-refractivity contribution in [2.24, 2.45) is 0 Å². The van der Waals surface area contributed by atoms with Gasteiger partial charge in [-0.05, 0) is 24.6 Å². The Balaban J connectivity index is 2.04. The molecule has 0 N–H and O–H groups in total. The topological polar surface area (TPSA) is 50.8 Å². The van der Waals surface area contributed by atoms with Crippen molar-refractivity contribution in [1.82, 2.24) is 9.78 Å². The lowest BCUT2D eigenvalue weighted by Gasteiger charge is -2.04. The number of rotatable bonds is 4. The van der Waals surface area contributed by atoms with E-state index in [0.29, 0.717) is 5.75 Å². The van der Waals surface area contributed by atoms with Gasteiger partial charge in [0.25, 0.3) is 0 Å². The Hall–Kier alpha value is -2.35. The smallest absolute Gasteiger partial charge is 0.157 e. The van der Waals surface area contributed by atoms with Gasteiger partial charge in [-0.1, -0.05) is 6.07 Å². The first-order valence-corrected chi connectivity index (χ1v) is 5.56. The Bertz CT molecular complexity index is 586. The van der Waals surface area contributed by atoms with Gasteiger partial charge in [0, 0.05) is 6.54 Å². The Morgan fingerprint density at radius 2 is 2.33 bits per heavy atom. The third-order valence-corrected chi connectivity index (χ3v) is 2.49. The summed E-state index contributed by atoms with van der Waals surface area (Å²) in [5.41, 5.74) is 0.776. The summed E-state index contributed by atoms with van der Waals surface area (Å²) in [6, 6.07) is 6.15. The molecule has 2 aromatic rings. The second-order valence-corrected chi connectivity index (χ2v) is 3.75. The van der Waals surface area contributed by atoms with Crippen LogP contribution in [0.25, 0.3) is 0 Å². The number of halogens is 1. The maximum absolute atomic E-state index is 13.1. The van der Waals surface area contributed by atoms with Crippen LogP contribution in [0.1, 0.15) is 18.1 Å². The van der Waals surface area contributed by atoms with E-state index >= 15 is 0 Å². The summed E-state index contributed by atoms with van der Waals surface area (Å²) >= 11 is 0. The molecule has 0 aliphatic rings. The van der Waals surface area contributed by atoms with Crippen molar-refractivity contribution in [3.63, 3.8) is 0 Å². The molecule has 1 aromatic carbocycles. The average Bonchev–Trinajstić information content (AvgIpc) is 2.86. The Morgan fingerprint density at radius 3 is 3.00 bits per heavy atom. The molecule has 0 saturated heterocycles. The number of hydrogen-bond donors (Lipinski definition) is 0. The maximum Gasteiger partial charge on any atom is 0.157 e. The van der Waals surface area contributed by atoms with Crippen LogP contribution in [0.5, 0.6) is 5.75 Å². The van der Waals surface area contributed by atoms with E-state index in [1.165, 1.54) is 12.1 Å².